The van der Waals surface area contributed by atoms with E-state index in [-0.39, 0.29) is 23.2 Å². The van der Waals surface area contributed by atoms with E-state index < -0.39 is 6.10 Å². The molecule has 0 aromatic carbocycles. The molecule has 0 unspecified atom stereocenters. The minimum atomic E-state index is -0.663. The topological polar surface area (TPSA) is 40.5 Å². The first kappa shape index (κ1) is 12.3. The number of carbonyl (C=O) groups is 1. The molecule has 2 aliphatic carbocycles. The number of hydrogen-bond acceptors (Lipinski definition) is 3. The van der Waals surface area contributed by atoms with Gasteiger partial charge in [-0.15, -0.1) is 0 Å². The lowest BCUT2D eigenvalue weighted by atomic mass is 9.48. The first-order chi connectivity index (χ1) is 9.14. The monoisotopic (exact) mass is 263 g/mol. The summed E-state index contributed by atoms with van der Waals surface area (Å²) in [6, 6.07) is 0. The molecule has 4 rings (SSSR count). The molecule has 0 radical (unpaired) electrons. The van der Waals surface area contributed by atoms with Crippen LogP contribution in [0.5, 0.6) is 0 Å². The second-order valence-electron chi connectivity index (χ2n) is 7.48. The summed E-state index contributed by atoms with van der Waals surface area (Å²) in [6.45, 7) is 4.67. The van der Waals surface area contributed by atoms with Gasteiger partial charge in [-0.3, -0.25) is 9.69 Å². The molecule has 106 valence electrons. The molecule has 19 heavy (non-hydrogen) atoms. The van der Waals surface area contributed by atoms with Gasteiger partial charge in [-0.25, -0.2) is 0 Å². The fourth-order valence-electron chi connectivity index (χ4n) is 6.16. The molecule has 3 nitrogen and oxygen atoms in total. The van der Waals surface area contributed by atoms with Crippen LogP contribution in [0, 0.1) is 23.7 Å². The number of carbonyl (C=O) groups excluding carboxylic acids is 1. The third-order valence-corrected chi connectivity index (χ3v) is 6.61. The quantitative estimate of drug-likeness (QED) is 0.725. The van der Waals surface area contributed by atoms with E-state index in [1.807, 2.05) is 0 Å². The van der Waals surface area contributed by atoms with Crippen LogP contribution in [0.15, 0.2) is 0 Å². The normalized spacial score (nSPS) is 53.8. The molecular weight excluding hydrogens is 238 g/mol. The van der Waals surface area contributed by atoms with Crippen molar-refractivity contribution in [3.05, 3.63) is 0 Å². The second-order valence-corrected chi connectivity index (χ2v) is 7.48. The fourth-order valence-corrected chi connectivity index (χ4v) is 6.16. The van der Waals surface area contributed by atoms with E-state index in [9.17, 15) is 9.90 Å². The maximum Gasteiger partial charge on any atom is 0.166 e. The largest absolute Gasteiger partial charge is 0.385 e. The van der Waals surface area contributed by atoms with Gasteiger partial charge in [-0.1, -0.05) is 6.92 Å². The molecule has 1 N–H and O–H groups in total. The summed E-state index contributed by atoms with van der Waals surface area (Å²) in [5.41, 5.74) is 0.134. The van der Waals surface area contributed by atoms with Crippen LogP contribution in [0.3, 0.4) is 0 Å². The van der Waals surface area contributed by atoms with Crippen molar-refractivity contribution in [2.24, 2.45) is 23.7 Å². The van der Waals surface area contributed by atoms with Gasteiger partial charge < -0.3 is 5.11 Å². The molecule has 3 heteroatoms. The van der Waals surface area contributed by atoms with Gasteiger partial charge in [0.1, 0.15) is 6.10 Å². The molecular formula is C16H25NO2. The highest BCUT2D eigenvalue weighted by Crippen LogP contribution is 2.59. The van der Waals surface area contributed by atoms with E-state index in [4.69, 9.17) is 0 Å². The lowest BCUT2D eigenvalue weighted by Gasteiger charge is -2.66. The molecule has 2 heterocycles. The highest BCUT2D eigenvalue weighted by Gasteiger charge is 2.64. The molecule has 1 spiro atoms. The number of nitrogens with zero attached hydrogens (tertiary/aromatic N) is 1. The van der Waals surface area contributed by atoms with Crippen molar-refractivity contribution in [1.82, 2.24) is 4.90 Å². The van der Waals surface area contributed by atoms with Crippen molar-refractivity contribution in [2.75, 3.05) is 13.1 Å². The highest BCUT2D eigenvalue weighted by molar-refractivity contribution is 5.88. The molecule has 4 aliphatic rings. The van der Waals surface area contributed by atoms with Crippen molar-refractivity contribution < 1.29 is 9.90 Å². The maximum atomic E-state index is 12.6. The SMILES string of the molecule is C[C@H]1C[C@@H]2[C@@H](O)C(=O)[C@@H]3CCCN4CCC[C@@H]2[C@@]34C1. The Balaban J connectivity index is 1.84. The Kier molecular flexibility index (Phi) is 2.63. The molecule has 2 saturated heterocycles. The average Bonchev–Trinajstić information content (AvgIpc) is 2.40. The predicted octanol–water partition coefficient (Wildman–Crippen LogP) is 1.84. The van der Waals surface area contributed by atoms with Crippen LogP contribution < -0.4 is 0 Å². The van der Waals surface area contributed by atoms with Gasteiger partial charge in [0.25, 0.3) is 0 Å². The Morgan fingerprint density at radius 1 is 1.26 bits per heavy atom. The van der Waals surface area contributed by atoms with E-state index in [1.165, 1.54) is 32.4 Å². The van der Waals surface area contributed by atoms with Crippen molar-refractivity contribution in [2.45, 2.75) is 57.1 Å². The summed E-state index contributed by atoms with van der Waals surface area (Å²) in [4.78, 5) is 15.3. The summed E-state index contributed by atoms with van der Waals surface area (Å²) >= 11 is 0. The first-order valence-corrected chi connectivity index (χ1v) is 8.11. The van der Waals surface area contributed by atoms with Gasteiger partial charge >= 0.3 is 0 Å². The van der Waals surface area contributed by atoms with Crippen LogP contribution in [-0.2, 0) is 4.79 Å². The van der Waals surface area contributed by atoms with Gasteiger partial charge in [-0.2, -0.15) is 0 Å². The van der Waals surface area contributed by atoms with E-state index in [0.717, 1.165) is 19.3 Å². The Morgan fingerprint density at radius 3 is 2.79 bits per heavy atom. The Morgan fingerprint density at radius 2 is 2.00 bits per heavy atom. The third-order valence-electron chi connectivity index (χ3n) is 6.61. The smallest absolute Gasteiger partial charge is 0.166 e. The second kappa shape index (κ2) is 4.05. The molecule has 0 aromatic rings. The summed E-state index contributed by atoms with van der Waals surface area (Å²) in [5, 5.41) is 10.5. The summed E-state index contributed by atoms with van der Waals surface area (Å²) in [6.07, 6.45) is 6.22. The molecule has 2 aliphatic heterocycles. The van der Waals surface area contributed by atoms with Crippen LogP contribution in [0.1, 0.15) is 45.4 Å². The third kappa shape index (κ3) is 1.43. The van der Waals surface area contributed by atoms with E-state index in [0.29, 0.717) is 11.8 Å². The minimum Gasteiger partial charge on any atom is -0.385 e. The van der Waals surface area contributed by atoms with Gasteiger partial charge in [0.15, 0.2) is 5.78 Å². The zero-order chi connectivity index (χ0) is 13.2. The zero-order valence-electron chi connectivity index (χ0n) is 11.8. The van der Waals surface area contributed by atoms with Gasteiger partial charge in [0.05, 0.1) is 0 Å². The van der Waals surface area contributed by atoms with E-state index >= 15 is 0 Å². The number of aliphatic hydroxyl groups excluding tert-OH is 1. The number of piperidine rings is 2. The number of rotatable bonds is 0. The number of hydrogen-bond donors (Lipinski definition) is 1. The number of aliphatic hydroxyl groups is 1. The average molecular weight is 263 g/mol. The van der Waals surface area contributed by atoms with Crippen molar-refractivity contribution in [3.8, 4) is 0 Å². The maximum absolute atomic E-state index is 12.6. The molecule has 0 aromatic heterocycles. The molecule has 0 amide bonds. The lowest BCUT2D eigenvalue weighted by molar-refractivity contribution is -0.193. The number of ketones is 1. The van der Waals surface area contributed by atoms with Gasteiger partial charge in [-0.05, 0) is 69.4 Å². The highest BCUT2D eigenvalue weighted by atomic mass is 16.3. The van der Waals surface area contributed by atoms with Gasteiger partial charge in [0, 0.05) is 11.5 Å². The van der Waals surface area contributed by atoms with Crippen molar-refractivity contribution in [3.63, 3.8) is 0 Å². The van der Waals surface area contributed by atoms with Crippen molar-refractivity contribution >= 4 is 5.78 Å². The standard InChI is InChI=1S/C16H25NO2/c1-10-8-11-12-4-2-6-17-7-3-5-13(15(19)14(11)18)16(12,17)9-10/h10-14,18H,2-9H2,1H3/t10-,11-,12-,13-,14+,16-/m0/s1. The number of Topliss-reactive ketones (excluding diaryl/α,β-unsaturated/α-hetero) is 1. The van der Waals surface area contributed by atoms with Crippen LogP contribution in [-0.4, -0.2) is 40.5 Å². The van der Waals surface area contributed by atoms with E-state index in [2.05, 4.69) is 11.8 Å². The molecule has 4 fully saturated rings. The van der Waals surface area contributed by atoms with Crippen molar-refractivity contribution in [1.29, 1.82) is 0 Å². The fraction of sp³-hybridized carbons (Fsp3) is 0.938. The Labute approximate surface area is 115 Å². The zero-order valence-corrected chi connectivity index (χ0v) is 11.8. The van der Waals surface area contributed by atoms with Gasteiger partial charge in [0.2, 0.25) is 0 Å². The summed E-state index contributed by atoms with van der Waals surface area (Å²) in [5.74, 6) is 1.79. The van der Waals surface area contributed by atoms with Crippen LogP contribution in [0.2, 0.25) is 0 Å². The Hall–Kier alpha value is -0.410. The molecule has 6 atom stereocenters. The van der Waals surface area contributed by atoms with Crippen LogP contribution in [0.4, 0.5) is 0 Å². The summed E-state index contributed by atoms with van der Waals surface area (Å²) in [7, 11) is 0. The predicted molar refractivity (Wildman–Crippen MR) is 72.7 cm³/mol. The minimum absolute atomic E-state index is 0.126. The summed E-state index contributed by atoms with van der Waals surface area (Å²) < 4.78 is 0. The van der Waals surface area contributed by atoms with Crippen LogP contribution >= 0.6 is 0 Å². The van der Waals surface area contributed by atoms with Crippen LogP contribution in [0.25, 0.3) is 0 Å². The first-order valence-electron chi connectivity index (χ1n) is 8.11. The Bertz CT molecular complexity index is 408. The van der Waals surface area contributed by atoms with E-state index in [1.54, 1.807) is 0 Å². The molecule has 2 bridgehead atoms. The molecule has 2 saturated carbocycles. The lowest BCUT2D eigenvalue weighted by Crippen LogP contribution is -2.74.